The molecule has 2 nitrogen and oxygen atoms in total. The first-order chi connectivity index (χ1) is 6.52. The molecule has 0 fully saturated rings. The molecule has 0 aliphatic carbocycles. The second-order valence-corrected chi connectivity index (χ2v) is 5.00. The normalized spacial score (nSPS) is 12.1. The van der Waals surface area contributed by atoms with Gasteiger partial charge in [0, 0.05) is 13.1 Å². The van der Waals surface area contributed by atoms with Gasteiger partial charge in [-0.15, -0.1) is 0 Å². The highest BCUT2D eigenvalue weighted by Crippen LogP contribution is 2.12. The van der Waals surface area contributed by atoms with E-state index in [4.69, 9.17) is 0 Å². The average Bonchev–Trinajstić information content (AvgIpc) is 2.15. The summed E-state index contributed by atoms with van der Waals surface area (Å²) in [5.41, 5.74) is 1.28. The Balaban J connectivity index is 4.17. The molecule has 0 N–H and O–H groups in total. The Labute approximate surface area is 101 Å². The molecule has 0 aromatic carbocycles. The molecule has 0 spiro atoms. The van der Waals surface area contributed by atoms with Gasteiger partial charge in [-0.2, -0.15) is 0 Å². The van der Waals surface area contributed by atoms with E-state index >= 15 is 0 Å². The quantitative estimate of drug-likeness (QED) is 0.434. The molecule has 0 aliphatic rings. The number of amides is 1. The molecule has 0 heterocycles. The maximum absolute atomic E-state index is 11.8. The molecule has 0 bridgehead atoms. The predicted octanol–water partition coefficient (Wildman–Crippen LogP) is 3.01. The van der Waals surface area contributed by atoms with Crippen molar-refractivity contribution in [3.05, 3.63) is 11.6 Å². The molecule has 1 amide bonds. The monoisotopic (exact) mass is 309 g/mol. The summed E-state index contributed by atoms with van der Waals surface area (Å²) < 4.78 is 0.0856. The predicted molar refractivity (Wildman–Crippen MR) is 69.8 cm³/mol. The van der Waals surface area contributed by atoms with E-state index in [2.05, 4.69) is 42.5 Å². The van der Waals surface area contributed by atoms with Gasteiger partial charge in [0.1, 0.15) is 0 Å². The van der Waals surface area contributed by atoms with Crippen LogP contribution in [-0.4, -0.2) is 27.8 Å². The number of carbonyl (C=O) groups excluding carboxylic acids is 1. The maximum atomic E-state index is 11.8. The molecule has 0 aromatic heterocycles. The van der Waals surface area contributed by atoms with E-state index < -0.39 is 0 Å². The van der Waals surface area contributed by atoms with Crippen molar-refractivity contribution in [3.8, 4) is 0 Å². The van der Waals surface area contributed by atoms with Gasteiger partial charge in [-0.1, -0.05) is 34.2 Å². The van der Waals surface area contributed by atoms with E-state index in [0.717, 1.165) is 19.5 Å². The molecule has 0 saturated heterocycles. The second-order valence-electron chi connectivity index (χ2n) is 3.50. The summed E-state index contributed by atoms with van der Waals surface area (Å²) in [6, 6.07) is 0. The number of allylic oxidation sites excluding steroid dienone is 2. The van der Waals surface area contributed by atoms with Gasteiger partial charge in [-0.3, -0.25) is 4.79 Å². The van der Waals surface area contributed by atoms with E-state index in [0.29, 0.717) is 0 Å². The number of hydrogen-bond donors (Lipinski definition) is 0. The van der Waals surface area contributed by atoms with E-state index in [-0.39, 0.29) is 9.83 Å². The van der Waals surface area contributed by atoms with Crippen molar-refractivity contribution < 1.29 is 4.79 Å². The van der Waals surface area contributed by atoms with Gasteiger partial charge >= 0.3 is 0 Å². The molecule has 1 unspecified atom stereocenters. The molecule has 0 aromatic rings. The van der Waals surface area contributed by atoms with Crippen LogP contribution < -0.4 is 0 Å². The number of alkyl halides is 1. The van der Waals surface area contributed by atoms with Crippen LogP contribution in [0.15, 0.2) is 11.6 Å². The minimum absolute atomic E-state index is 0.0856. The lowest BCUT2D eigenvalue weighted by Gasteiger charge is -2.21. The van der Waals surface area contributed by atoms with Crippen molar-refractivity contribution in [2.24, 2.45) is 0 Å². The molecular formula is C11H20INO. The number of halogens is 1. The Bertz CT molecular complexity index is 205. The number of carbonyl (C=O) groups is 1. The van der Waals surface area contributed by atoms with Crippen LogP contribution in [0, 0.1) is 0 Å². The van der Waals surface area contributed by atoms with Gasteiger partial charge in [-0.25, -0.2) is 0 Å². The summed E-state index contributed by atoms with van der Waals surface area (Å²) in [6.07, 6.45) is 2.97. The fourth-order valence-electron chi connectivity index (χ4n) is 1.17. The van der Waals surface area contributed by atoms with Gasteiger partial charge in [0.15, 0.2) is 0 Å². The minimum atomic E-state index is 0.0856. The van der Waals surface area contributed by atoms with Crippen molar-refractivity contribution in [3.63, 3.8) is 0 Å². The highest BCUT2D eigenvalue weighted by atomic mass is 127. The summed E-state index contributed by atoms with van der Waals surface area (Å²) in [5, 5.41) is 0. The maximum Gasteiger partial charge on any atom is 0.235 e. The standard InChI is InChI=1S/C11H20INO/c1-5-13(6-2)11(14)10(12)8-7-9(3)4/h7,10H,5-6,8H2,1-4H3. The van der Waals surface area contributed by atoms with Gasteiger partial charge in [0.05, 0.1) is 3.92 Å². The molecule has 0 radical (unpaired) electrons. The van der Waals surface area contributed by atoms with E-state index in [9.17, 15) is 4.79 Å². The Morgan fingerprint density at radius 2 is 1.86 bits per heavy atom. The van der Waals surface area contributed by atoms with Crippen LogP contribution in [0.5, 0.6) is 0 Å². The Kier molecular flexibility index (Phi) is 7.23. The topological polar surface area (TPSA) is 20.3 Å². The van der Waals surface area contributed by atoms with Crippen LogP contribution in [0.2, 0.25) is 0 Å². The zero-order chi connectivity index (χ0) is 11.1. The van der Waals surface area contributed by atoms with Gasteiger partial charge in [0.25, 0.3) is 0 Å². The fraction of sp³-hybridized carbons (Fsp3) is 0.727. The van der Waals surface area contributed by atoms with Crippen LogP contribution in [-0.2, 0) is 4.79 Å². The second kappa shape index (κ2) is 7.26. The highest BCUT2D eigenvalue weighted by Gasteiger charge is 2.17. The highest BCUT2D eigenvalue weighted by molar-refractivity contribution is 14.1. The van der Waals surface area contributed by atoms with Crippen LogP contribution in [0.1, 0.15) is 34.1 Å². The first-order valence-corrected chi connectivity index (χ1v) is 6.33. The van der Waals surface area contributed by atoms with Crippen molar-refractivity contribution in [2.45, 2.75) is 38.0 Å². The van der Waals surface area contributed by atoms with Gasteiger partial charge in [0.2, 0.25) is 5.91 Å². The Morgan fingerprint density at radius 1 is 1.36 bits per heavy atom. The van der Waals surface area contributed by atoms with Crippen molar-refractivity contribution >= 4 is 28.5 Å². The van der Waals surface area contributed by atoms with Gasteiger partial charge in [-0.05, 0) is 34.1 Å². The lowest BCUT2D eigenvalue weighted by atomic mass is 10.2. The van der Waals surface area contributed by atoms with Crippen molar-refractivity contribution in [2.75, 3.05) is 13.1 Å². The third-order valence-corrected chi connectivity index (χ3v) is 3.12. The largest absolute Gasteiger partial charge is 0.342 e. The SMILES string of the molecule is CCN(CC)C(=O)C(I)CC=C(C)C. The van der Waals surface area contributed by atoms with Crippen molar-refractivity contribution in [1.82, 2.24) is 4.90 Å². The average molecular weight is 309 g/mol. The molecule has 82 valence electrons. The van der Waals surface area contributed by atoms with Crippen LogP contribution >= 0.6 is 22.6 Å². The number of nitrogens with zero attached hydrogens (tertiary/aromatic N) is 1. The molecule has 1 atom stereocenters. The summed E-state index contributed by atoms with van der Waals surface area (Å²) in [5.74, 6) is 0.258. The third-order valence-electron chi connectivity index (χ3n) is 2.08. The van der Waals surface area contributed by atoms with E-state index in [1.807, 2.05) is 18.7 Å². The smallest absolute Gasteiger partial charge is 0.235 e. The lowest BCUT2D eigenvalue weighted by molar-refractivity contribution is -0.129. The molecule has 0 saturated carbocycles. The molecule has 14 heavy (non-hydrogen) atoms. The van der Waals surface area contributed by atoms with E-state index in [1.165, 1.54) is 5.57 Å². The summed E-state index contributed by atoms with van der Waals surface area (Å²) in [7, 11) is 0. The first-order valence-electron chi connectivity index (χ1n) is 5.09. The van der Waals surface area contributed by atoms with Crippen LogP contribution in [0.25, 0.3) is 0 Å². The van der Waals surface area contributed by atoms with Crippen LogP contribution in [0.3, 0.4) is 0 Å². The molecule has 0 rings (SSSR count). The number of hydrogen-bond acceptors (Lipinski definition) is 1. The van der Waals surface area contributed by atoms with E-state index in [1.54, 1.807) is 0 Å². The zero-order valence-corrected chi connectivity index (χ0v) is 11.7. The number of rotatable bonds is 5. The summed E-state index contributed by atoms with van der Waals surface area (Å²) in [4.78, 5) is 13.7. The van der Waals surface area contributed by atoms with Gasteiger partial charge < -0.3 is 4.90 Å². The zero-order valence-electron chi connectivity index (χ0n) is 9.51. The first kappa shape index (κ1) is 13.9. The minimum Gasteiger partial charge on any atom is -0.342 e. The third kappa shape index (κ3) is 4.98. The van der Waals surface area contributed by atoms with Crippen molar-refractivity contribution in [1.29, 1.82) is 0 Å². The summed E-state index contributed by atoms with van der Waals surface area (Å²) in [6.45, 7) is 9.78. The fourth-order valence-corrected chi connectivity index (χ4v) is 1.82. The van der Waals surface area contributed by atoms with Crippen LogP contribution in [0.4, 0.5) is 0 Å². The lowest BCUT2D eigenvalue weighted by Crippen LogP contribution is -2.36. The molecule has 0 aliphatic heterocycles. The summed E-state index contributed by atoms with van der Waals surface area (Å²) >= 11 is 2.23. The Morgan fingerprint density at radius 3 is 2.21 bits per heavy atom. The Hall–Kier alpha value is -0.0600. The molecular weight excluding hydrogens is 289 g/mol. The molecule has 3 heteroatoms.